The van der Waals surface area contributed by atoms with Gasteiger partial charge >= 0.3 is 6.09 Å². The molecule has 0 saturated heterocycles. The maximum absolute atomic E-state index is 13.3. The number of rotatable bonds is 8. The number of anilines is 1. The monoisotopic (exact) mass is 527 g/mol. The van der Waals surface area contributed by atoms with E-state index in [2.05, 4.69) is 20.6 Å². The molecular weight excluding hydrogens is 506 g/mol. The maximum Gasteiger partial charge on any atom is 0.413 e. The lowest BCUT2D eigenvalue weighted by molar-refractivity contribution is -0.384. The lowest BCUT2D eigenvalue weighted by Crippen LogP contribution is -2.46. The molecule has 2 aromatic heterocycles. The van der Waals surface area contributed by atoms with Crippen LogP contribution in [0.3, 0.4) is 0 Å². The van der Waals surface area contributed by atoms with E-state index in [-0.39, 0.29) is 12.1 Å². The summed E-state index contributed by atoms with van der Waals surface area (Å²) in [5.74, 6) is -0.117. The van der Waals surface area contributed by atoms with E-state index in [1.165, 1.54) is 23.5 Å². The quantitative estimate of drug-likeness (QED) is 0.179. The van der Waals surface area contributed by atoms with Crippen LogP contribution in [-0.2, 0) is 11.2 Å². The van der Waals surface area contributed by atoms with Gasteiger partial charge in [-0.3, -0.25) is 14.9 Å². The van der Waals surface area contributed by atoms with Gasteiger partial charge in [-0.25, -0.2) is 9.78 Å². The van der Waals surface area contributed by atoms with Crippen molar-refractivity contribution in [2.75, 3.05) is 5.32 Å². The average molecular weight is 528 g/mol. The van der Waals surface area contributed by atoms with Gasteiger partial charge in [0.05, 0.1) is 10.6 Å². The van der Waals surface area contributed by atoms with E-state index in [0.717, 1.165) is 16.5 Å². The molecule has 0 bridgehead atoms. The topological polar surface area (TPSA) is 139 Å². The van der Waals surface area contributed by atoms with Crippen molar-refractivity contribution in [1.82, 2.24) is 15.3 Å². The van der Waals surface area contributed by atoms with Crippen LogP contribution in [-0.4, -0.2) is 32.9 Å². The number of nitro benzene ring substituents is 1. The molecule has 10 nitrogen and oxygen atoms in total. The third-order valence-corrected chi connectivity index (χ3v) is 6.53. The van der Waals surface area contributed by atoms with Gasteiger partial charge in [0.25, 0.3) is 5.69 Å². The van der Waals surface area contributed by atoms with E-state index in [4.69, 9.17) is 4.74 Å². The molecule has 2 amide bonds. The van der Waals surface area contributed by atoms with Gasteiger partial charge in [-0.2, -0.15) is 0 Å². The number of aromatic amines is 1. The van der Waals surface area contributed by atoms with Crippen molar-refractivity contribution >= 4 is 45.1 Å². The fourth-order valence-corrected chi connectivity index (χ4v) is 4.63. The third-order valence-electron chi connectivity index (χ3n) is 5.77. The lowest BCUT2D eigenvalue weighted by Gasteiger charge is -2.17. The molecule has 190 valence electrons. The molecule has 5 aromatic rings. The normalized spacial score (nSPS) is 11.6. The highest BCUT2D eigenvalue weighted by Gasteiger charge is 2.25. The first-order valence-electron chi connectivity index (χ1n) is 11.6. The molecule has 0 radical (unpaired) electrons. The molecule has 3 aromatic carbocycles. The lowest BCUT2D eigenvalue weighted by atomic mass is 10.0. The van der Waals surface area contributed by atoms with Gasteiger partial charge in [-0.1, -0.05) is 36.4 Å². The second-order valence-corrected chi connectivity index (χ2v) is 9.15. The van der Waals surface area contributed by atoms with Crippen molar-refractivity contribution in [3.8, 4) is 17.0 Å². The average Bonchev–Trinajstić information content (AvgIpc) is 3.56. The third kappa shape index (κ3) is 5.68. The maximum atomic E-state index is 13.3. The standard InChI is InChI=1S/C27H21N5O5S/c33-25(31-26-29-24(16-38-26)17-10-12-19(13-11-17)32(35)36)23(30-27(34)37-20-6-2-1-3-7-20)14-18-15-28-22-9-5-4-8-21(18)22/h1-13,15-16,23,28H,14H2,(H,30,34)(H,29,31,33)/t23-/m1/s1. The van der Waals surface area contributed by atoms with E-state index in [1.807, 2.05) is 30.5 Å². The Hall–Kier alpha value is -5.03. The predicted octanol–water partition coefficient (Wildman–Crippen LogP) is 5.54. The minimum absolute atomic E-state index is 0.0221. The van der Waals surface area contributed by atoms with Crippen LogP contribution in [0.15, 0.2) is 90.4 Å². The second-order valence-electron chi connectivity index (χ2n) is 8.29. The van der Waals surface area contributed by atoms with E-state index in [0.29, 0.717) is 22.1 Å². The number of ether oxygens (including phenoxy) is 1. The number of nitrogens with one attached hydrogen (secondary N) is 3. The van der Waals surface area contributed by atoms with Crippen LogP contribution in [0.4, 0.5) is 15.6 Å². The molecule has 11 heteroatoms. The fourth-order valence-electron chi connectivity index (χ4n) is 3.91. The molecule has 0 spiro atoms. The molecule has 0 aliphatic rings. The summed E-state index contributed by atoms with van der Waals surface area (Å²) in [7, 11) is 0. The number of thiazole rings is 1. The predicted molar refractivity (Wildman–Crippen MR) is 144 cm³/mol. The Labute approximate surface area is 220 Å². The molecule has 0 aliphatic heterocycles. The minimum atomic E-state index is -0.961. The Morgan fingerprint density at radius 1 is 1.03 bits per heavy atom. The molecule has 38 heavy (non-hydrogen) atoms. The fraction of sp³-hybridized carbons (Fsp3) is 0.0741. The molecule has 1 atom stereocenters. The Morgan fingerprint density at radius 2 is 1.76 bits per heavy atom. The summed E-state index contributed by atoms with van der Waals surface area (Å²) in [4.78, 5) is 44.0. The van der Waals surface area contributed by atoms with Crippen LogP contribution in [0, 0.1) is 10.1 Å². The van der Waals surface area contributed by atoms with Crippen LogP contribution in [0.5, 0.6) is 5.75 Å². The largest absolute Gasteiger partial charge is 0.413 e. The van der Waals surface area contributed by atoms with Crippen molar-refractivity contribution in [1.29, 1.82) is 0 Å². The van der Waals surface area contributed by atoms with Crippen molar-refractivity contribution in [3.05, 3.63) is 106 Å². The van der Waals surface area contributed by atoms with E-state index in [9.17, 15) is 19.7 Å². The molecule has 0 fully saturated rings. The van der Waals surface area contributed by atoms with Crippen molar-refractivity contribution in [2.24, 2.45) is 0 Å². The van der Waals surface area contributed by atoms with Gasteiger partial charge in [0, 0.05) is 46.6 Å². The summed E-state index contributed by atoms with van der Waals surface area (Å²) < 4.78 is 5.34. The number of H-pyrrole nitrogens is 1. The summed E-state index contributed by atoms with van der Waals surface area (Å²) in [6, 6.07) is 21.3. The summed E-state index contributed by atoms with van der Waals surface area (Å²) in [6.45, 7) is 0. The number of amides is 2. The highest BCUT2D eigenvalue weighted by molar-refractivity contribution is 7.14. The smallest absolute Gasteiger partial charge is 0.410 e. The summed E-state index contributed by atoms with van der Waals surface area (Å²) in [6.07, 6.45) is 1.26. The number of aromatic nitrogens is 2. The van der Waals surface area contributed by atoms with Crippen LogP contribution in [0.25, 0.3) is 22.2 Å². The molecule has 0 saturated carbocycles. The highest BCUT2D eigenvalue weighted by atomic mass is 32.1. The molecule has 5 rings (SSSR count). The van der Waals surface area contributed by atoms with Crippen molar-refractivity contribution in [2.45, 2.75) is 12.5 Å². The summed E-state index contributed by atoms with van der Waals surface area (Å²) >= 11 is 1.21. The number of nitrogens with zero attached hydrogens (tertiary/aromatic N) is 2. The van der Waals surface area contributed by atoms with Crippen molar-refractivity contribution < 1.29 is 19.2 Å². The Kier molecular flexibility index (Phi) is 7.09. The zero-order valence-electron chi connectivity index (χ0n) is 19.8. The molecular formula is C27H21N5O5S. The molecule has 0 aliphatic carbocycles. The van der Waals surface area contributed by atoms with Crippen LogP contribution < -0.4 is 15.4 Å². The number of non-ortho nitro benzene ring substituents is 1. The number of hydrogen-bond donors (Lipinski definition) is 3. The Balaban J connectivity index is 1.34. The number of para-hydroxylation sites is 2. The van der Waals surface area contributed by atoms with Crippen LogP contribution >= 0.6 is 11.3 Å². The van der Waals surface area contributed by atoms with E-state index in [1.54, 1.807) is 47.8 Å². The summed E-state index contributed by atoms with van der Waals surface area (Å²) in [5.41, 5.74) is 2.98. The van der Waals surface area contributed by atoms with Gasteiger partial charge in [-0.05, 0) is 35.9 Å². The zero-order chi connectivity index (χ0) is 26.5. The van der Waals surface area contributed by atoms with Crippen LogP contribution in [0.2, 0.25) is 0 Å². The summed E-state index contributed by atoms with van der Waals surface area (Å²) in [5, 5.41) is 19.4. The SMILES string of the molecule is O=C(N[C@H](Cc1c[nH]c2ccccc12)C(=O)Nc1nc(-c2ccc([N+](=O)[O-])cc2)cs1)Oc1ccccc1. The van der Waals surface area contributed by atoms with Gasteiger partial charge in [-0.15, -0.1) is 11.3 Å². The van der Waals surface area contributed by atoms with Crippen molar-refractivity contribution in [3.63, 3.8) is 0 Å². The first kappa shape index (κ1) is 24.7. The number of fused-ring (bicyclic) bond motifs is 1. The van der Waals surface area contributed by atoms with E-state index < -0.39 is 23.0 Å². The number of benzene rings is 3. The van der Waals surface area contributed by atoms with Gasteiger partial charge in [0.1, 0.15) is 11.8 Å². The molecule has 3 N–H and O–H groups in total. The first-order chi connectivity index (χ1) is 18.5. The van der Waals surface area contributed by atoms with E-state index >= 15 is 0 Å². The number of carbonyl (C=O) groups excluding carboxylic acids is 2. The number of carbonyl (C=O) groups is 2. The second kappa shape index (κ2) is 10.9. The number of hydrogen-bond acceptors (Lipinski definition) is 7. The zero-order valence-corrected chi connectivity index (χ0v) is 20.6. The number of nitro groups is 1. The van der Waals surface area contributed by atoms with Gasteiger partial charge < -0.3 is 20.4 Å². The highest BCUT2D eigenvalue weighted by Crippen LogP contribution is 2.27. The Morgan fingerprint density at radius 3 is 2.53 bits per heavy atom. The molecule has 2 heterocycles. The Bertz CT molecular complexity index is 1600. The first-order valence-corrected chi connectivity index (χ1v) is 12.4. The molecule has 0 unspecified atom stereocenters. The van der Waals surface area contributed by atoms with Crippen LogP contribution in [0.1, 0.15) is 5.56 Å². The minimum Gasteiger partial charge on any atom is -0.410 e. The van der Waals surface area contributed by atoms with Gasteiger partial charge in [0.15, 0.2) is 5.13 Å². The van der Waals surface area contributed by atoms with Gasteiger partial charge in [0.2, 0.25) is 5.91 Å².